The lowest BCUT2D eigenvalue weighted by molar-refractivity contribution is 0.482. The van der Waals surface area contributed by atoms with E-state index in [0.29, 0.717) is 11.3 Å². The molecule has 2 aromatic heterocycles. The molecule has 5 aromatic rings. The van der Waals surface area contributed by atoms with Gasteiger partial charge in [-0.3, -0.25) is 4.98 Å². The lowest BCUT2D eigenvalue weighted by Gasteiger charge is -2.07. The molecule has 5 rings (SSSR count). The van der Waals surface area contributed by atoms with Gasteiger partial charge in [0.05, 0.1) is 5.52 Å². The molecule has 0 amide bonds. The van der Waals surface area contributed by atoms with Crippen LogP contribution in [0.4, 0.5) is 5.82 Å². The molecule has 0 saturated heterocycles. The van der Waals surface area contributed by atoms with Crippen molar-refractivity contribution in [2.45, 2.75) is 6.92 Å². The quantitative estimate of drug-likeness (QED) is 0.297. The summed E-state index contributed by atoms with van der Waals surface area (Å²) in [5.74, 6) is 8.41. The number of ether oxygens (including phenoxy) is 1. The molecule has 0 radical (unpaired) electrons. The topological polar surface area (TPSA) is 61.0 Å². The molecular formula is C27H19N3O. The molecule has 31 heavy (non-hydrogen) atoms. The summed E-state index contributed by atoms with van der Waals surface area (Å²) in [6.07, 6.45) is 1.74. The van der Waals surface area contributed by atoms with E-state index in [4.69, 9.17) is 10.5 Å². The number of para-hydroxylation sites is 1. The zero-order chi connectivity index (χ0) is 21.2. The molecule has 0 spiro atoms. The van der Waals surface area contributed by atoms with Crippen molar-refractivity contribution in [3.05, 3.63) is 102 Å². The zero-order valence-corrected chi connectivity index (χ0v) is 17.0. The maximum atomic E-state index is 6.14. The van der Waals surface area contributed by atoms with Crippen molar-refractivity contribution < 1.29 is 4.74 Å². The Kier molecular flexibility index (Phi) is 4.70. The van der Waals surface area contributed by atoms with Crippen molar-refractivity contribution in [1.29, 1.82) is 0 Å². The number of anilines is 1. The highest BCUT2D eigenvalue weighted by molar-refractivity contribution is 6.08. The highest BCUT2D eigenvalue weighted by Gasteiger charge is 2.08. The fourth-order valence-corrected chi connectivity index (χ4v) is 3.46. The SMILES string of the molecule is Cc1ccc2c(c1)nc(N)c1ncc(C#Cc3ccc(Oc4ccccc4)cc3)cc12. The van der Waals surface area contributed by atoms with E-state index in [1.165, 1.54) is 0 Å². The summed E-state index contributed by atoms with van der Waals surface area (Å²) in [6, 6.07) is 25.6. The molecule has 0 atom stereocenters. The van der Waals surface area contributed by atoms with E-state index in [0.717, 1.165) is 44.5 Å². The fourth-order valence-electron chi connectivity index (χ4n) is 3.46. The summed E-state index contributed by atoms with van der Waals surface area (Å²) in [5, 5.41) is 1.98. The third-order valence-electron chi connectivity index (χ3n) is 5.00. The number of hydrogen-bond donors (Lipinski definition) is 1. The number of pyridine rings is 2. The predicted octanol–water partition coefficient (Wildman–Crippen LogP) is 5.87. The first-order valence-corrected chi connectivity index (χ1v) is 9.96. The van der Waals surface area contributed by atoms with Gasteiger partial charge in [0.2, 0.25) is 0 Å². The van der Waals surface area contributed by atoms with E-state index in [1.807, 2.05) is 73.7 Å². The van der Waals surface area contributed by atoms with Gasteiger partial charge < -0.3 is 10.5 Å². The minimum atomic E-state index is 0.432. The van der Waals surface area contributed by atoms with Gasteiger partial charge in [-0.05, 0) is 61.0 Å². The Labute approximate surface area is 180 Å². The first kappa shape index (κ1) is 18.7. The molecule has 0 saturated carbocycles. The van der Waals surface area contributed by atoms with Crippen molar-refractivity contribution in [2.24, 2.45) is 0 Å². The van der Waals surface area contributed by atoms with Crippen molar-refractivity contribution >= 4 is 27.6 Å². The molecule has 3 aromatic carbocycles. The van der Waals surface area contributed by atoms with Crippen LogP contribution in [0, 0.1) is 18.8 Å². The second-order valence-corrected chi connectivity index (χ2v) is 7.33. The molecule has 148 valence electrons. The zero-order valence-electron chi connectivity index (χ0n) is 17.0. The van der Waals surface area contributed by atoms with Crippen LogP contribution in [0.5, 0.6) is 11.5 Å². The molecule has 0 aliphatic heterocycles. The molecular weight excluding hydrogens is 382 g/mol. The highest BCUT2D eigenvalue weighted by Crippen LogP contribution is 2.27. The molecule has 0 unspecified atom stereocenters. The number of aryl methyl sites for hydroxylation is 1. The number of nitrogens with zero attached hydrogens (tertiary/aromatic N) is 2. The van der Waals surface area contributed by atoms with Crippen molar-refractivity contribution in [1.82, 2.24) is 9.97 Å². The summed E-state index contributed by atoms with van der Waals surface area (Å²) in [4.78, 5) is 9.01. The number of nitrogen functional groups attached to an aromatic ring is 1. The minimum absolute atomic E-state index is 0.432. The maximum Gasteiger partial charge on any atom is 0.150 e. The lowest BCUT2D eigenvalue weighted by atomic mass is 10.1. The van der Waals surface area contributed by atoms with Gasteiger partial charge in [0.25, 0.3) is 0 Å². The van der Waals surface area contributed by atoms with Crippen LogP contribution >= 0.6 is 0 Å². The molecule has 0 bridgehead atoms. The van der Waals surface area contributed by atoms with E-state index >= 15 is 0 Å². The summed E-state index contributed by atoms with van der Waals surface area (Å²) >= 11 is 0. The molecule has 2 N–H and O–H groups in total. The van der Waals surface area contributed by atoms with Gasteiger partial charge >= 0.3 is 0 Å². The molecule has 2 heterocycles. The van der Waals surface area contributed by atoms with Gasteiger partial charge in [-0.25, -0.2) is 4.98 Å². The van der Waals surface area contributed by atoms with Crippen LogP contribution < -0.4 is 10.5 Å². The maximum absolute atomic E-state index is 6.14. The molecule has 4 heteroatoms. The van der Waals surface area contributed by atoms with Crippen LogP contribution in [0.15, 0.2) is 85.1 Å². The second kappa shape index (κ2) is 7.81. The van der Waals surface area contributed by atoms with Crippen molar-refractivity contribution in [2.75, 3.05) is 5.73 Å². The second-order valence-electron chi connectivity index (χ2n) is 7.33. The van der Waals surface area contributed by atoms with E-state index in [9.17, 15) is 0 Å². The first-order chi connectivity index (χ1) is 15.2. The Balaban J connectivity index is 1.45. The number of hydrogen-bond acceptors (Lipinski definition) is 4. The van der Waals surface area contributed by atoms with Crippen LogP contribution in [-0.2, 0) is 0 Å². The van der Waals surface area contributed by atoms with Gasteiger partial charge in [-0.1, -0.05) is 42.2 Å². The Hall–Kier alpha value is -4.36. The number of rotatable bonds is 2. The standard InChI is InChI=1S/C27H19N3O/c1-18-7-14-23-24-16-20(17-29-26(24)27(28)30-25(23)15-18)9-8-19-10-12-22(13-11-19)31-21-5-3-2-4-6-21/h2-7,10-17H,1H3,(H2,28,30). The Morgan fingerprint density at radius 1 is 0.774 bits per heavy atom. The highest BCUT2D eigenvalue weighted by atomic mass is 16.5. The summed E-state index contributed by atoms with van der Waals surface area (Å²) in [7, 11) is 0. The van der Waals surface area contributed by atoms with Gasteiger partial charge in [0, 0.05) is 28.1 Å². The summed E-state index contributed by atoms with van der Waals surface area (Å²) in [6.45, 7) is 2.04. The number of aromatic nitrogens is 2. The number of benzene rings is 3. The van der Waals surface area contributed by atoms with Crippen LogP contribution in [0.3, 0.4) is 0 Å². The van der Waals surface area contributed by atoms with Gasteiger partial charge in [0.1, 0.15) is 17.0 Å². The smallest absolute Gasteiger partial charge is 0.150 e. The number of fused-ring (bicyclic) bond motifs is 3. The van der Waals surface area contributed by atoms with Crippen molar-refractivity contribution in [3.63, 3.8) is 0 Å². The van der Waals surface area contributed by atoms with E-state index < -0.39 is 0 Å². The molecule has 0 aliphatic carbocycles. The molecule has 4 nitrogen and oxygen atoms in total. The normalized spacial score (nSPS) is 10.6. The van der Waals surface area contributed by atoms with E-state index in [1.54, 1.807) is 6.20 Å². The predicted molar refractivity (Wildman–Crippen MR) is 125 cm³/mol. The molecule has 0 fully saturated rings. The Morgan fingerprint density at radius 3 is 2.32 bits per heavy atom. The lowest BCUT2D eigenvalue weighted by Crippen LogP contribution is -1.96. The summed E-state index contributed by atoms with van der Waals surface area (Å²) < 4.78 is 5.83. The van der Waals surface area contributed by atoms with Crippen LogP contribution in [0.2, 0.25) is 0 Å². The third kappa shape index (κ3) is 3.90. The Morgan fingerprint density at radius 2 is 1.52 bits per heavy atom. The van der Waals surface area contributed by atoms with Gasteiger partial charge in [0.15, 0.2) is 5.82 Å². The third-order valence-corrected chi connectivity index (χ3v) is 5.00. The number of nitrogens with two attached hydrogens (primary N) is 1. The van der Waals surface area contributed by atoms with Crippen LogP contribution in [0.1, 0.15) is 16.7 Å². The largest absolute Gasteiger partial charge is 0.457 e. The Bertz CT molecular complexity index is 1460. The van der Waals surface area contributed by atoms with E-state index in [-0.39, 0.29) is 0 Å². The van der Waals surface area contributed by atoms with Crippen LogP contribution in [0.25, 0.3) is 21.8 Å². The first-order valence-electron chi connectivity index (χ1n) is 9.96. The van der Waals surface area contributed by atoms with Crippen molar-refractivity contribution in [3.8, 4) is 23.3 Å². The van der Waals surface area contributed by atoms with Crippen LogP contribution in [-0.4, -0.2) is 9.97 Å². The average molecular weight is 401 g/mol. The van der Waals surface area contributed by atoms with Gasteiger partial charge in [-0.2, -0.15) is 0 Å². The molecule has 0 aliphatic rings. The summed E-state index contributed by atoms with van der Waals surface area (Å²) in [5.41, 5.74) is 10.6. The van der Waals surface area contributed by atoms with Gasteiger partial charge in [-0.15, -0.1) is 0 Å². The average Bonchev–Trinajstić information content (AvgIpc) is 2.79. The monoisotopic (exact) mass is 401 g/mol. The fraction of sp³-hybridized carbons (Fsp3) is 0.0370. The minimum Gasteiger partial charge on any atom is -0.457 e. The van der Waals surface area contributed by atoms with E-state index in [2.05, 4.69) is 33.9 Å².